The molecule has 0 radical (unpaired) electrons. The van der Waals surface area contributed by atoms with Crippen molar-refractivity contribution in [3.8, 4) is 0 Å². The maximum Gasteiger partial charge on any atom is 0.408 e. The number of fused-ring (bicyclic) bond motifs is 1. The maximum absolute atomic E-state index is 13.0. The molecule has 0 fully saturated rings. The summed E-state index contributed by atoms with van der Waals surface area (Å²) in [5.41, 5.74) is 1.91. The number of amides is 3. The molecule has 0 aliphatic rings. The molecule has 2 aromatic carbocycles. The van der Waals surface area contributed by atoms with E-state index in [0.717, 1.165) is 16.5 Å². The summed E-state index contributed by atoms with van der Waals surface area (Å²) in [6, 6.07) is 14.8. The molecule has 0 aliphatic carbocycles. The van der Waals surface area contributed by atoms with Crippen LogP contribution in [0, 0.1) is 6.92 Å². The minimum absolute atomic E-state index is 0.0760. The largest absolute Gasteiger partial charge is 0.445 e. The lowest BCUT2D eigenvalue weighted by Crippen LogP contribution is -2.44. The molecule has 0 unspecified atom stereocenters. The fourth-order valence-corrected chi connectivity index (χ4v) is 3.55. The molecule has 9 nitrogen and oxygen atoms in total. The van der Waals surface area contributed by atoms with E-state index in [1.54, 1.807) is 25.1 Å². The second-order valence-corrected chi connectivity index (χ2v) is 8.19. The number of ether oxygens (including phenoxy) is 1. The maximum atomic E-state index is 13.0. The smallest absolute Gasteiger partial charge is 0.408 e. The van der Waals surface area contributed by atoms with E-state index in [0.29, 0.717) is 37.1 Å². The van der Waals surface area contributed by atoms with Crippen molar-refractivity contribution in [2.45, 2.75) is 45.8 Å². The number of aryl methyl sites for hydroxylation is 1. The normalized spacial score (nSPS) is 11.5. The highest BCUT2D eigenvalue weighted by Crippen LogP contribution is 2.21. The number of carbonyl (C=O) groups is 3. The van der Waals surface area contributed by atoms with Gasteiger partial charge in [-0.25, -0.2) is 9.59 Å². The summed E-state index contributed by atoms with van der Waals surface area (Å²) in [5.74, 6) is -0.560. The van der Waals surface area contributed by atoms with Gasteiger partial charge in [0.25, 0.3) is 0 Å². The summed E-state index contributed by atoms with van der Waals surface area (Å²) in [5, 5.41) is 8.87. The van der Waals surface area contributed by atoms with Crippen LogP contribution in [0.1, 0.15) is 37.3 Å². The van der Waals surface area contributed by atoms with Gasteiger partial charge in [0.05, 0.1) is 0 Å². The predicted molar refractivity (Wildman–Crippen MR) is 132 cm³/mol. The zero-order valence-electron chi connectivity index (χ0n) is 19.8. The van der Waals surface area contributed by atoms with Crippen molar-refractivity contribution in [1.29, 1.82) is 0 Å². The molecule has 184 valence electrons. The predicted octanol–water partition coefficient (Wildman–Crippen LogP) is 3.64. The van der Waals surface area contributed by atoms with Crippen molar-refractivity contribution in [3.63, 3.8) is 0 Å². The van der Waals surface area contributed by atoms with E-state index in [-0.39, 0.29) is 12.5 Å². The van der Waals surface area contributed by atoms with Crippen molar-refractivity contribution in [2.24, 2.45) is 0 Å². The minimum Gasteiger partial charge on any atom is -0.445 e. The van der Waals surface area contributed by atoms with Gasteiger partial charge in [-0.15, -0.1) is 0 Å². The summed E-state index contributed by atoms with van der Waals surface area (Å²) in [4.78, 5) is 48.2. The van der Waals surface area contributed by atoms with Gasteiger partial charge in [0, 0.05) is 36.7 Å². The molecule has 3 aromatic rings. The lowest BCUT2D eigenvalue weighted by molar-refractivity contribution is -0.119. The molecule has 3 N–H and O–H groups in total. The summed E-state index contributed by atoms with van der Waals surface area (Å²) < 4.78 is 10.5. The number of hydrogen-bond donors (Lipinski definition) is 3. The van der Waals surface area contributed by atoms with Gasteiger partial charge in [0.2, 0.25) is 11.8 Å². The van der Waals surface area contributed by atoms with Crippen molar-refractivity contribution in [3.05, 3.63) is 76.1 Å². The molecule has 1 heterocycles. The fraction of sp³-hybridized carbons (Fsp3) is 0.308. The Labute approximate surface area is 202 Å². The van der Waals surface area contributed by atoms with Gasteiger partial charge >= 0.3 is 11.7 Å². The monoisotopic (exact) mass is 479 g/mol. The molecule has 0 bridgehead atoms. The molecule has 0 saturated heterocycles. The highest BCUT2D eigenvalue weighted by molar-refractivity contribution is 5.98. The number of alkyl carbamates (subject to hydrolysis) is 1. The van der Waals surface area contributed by atoms with Gasteiger partial charge in [-0.1, -0.05) is 30.3 Å². The van der Waals surface area contributed by atoms with Crippen LogP contribution in [0.25, 0.3) is 11.0 Å². The van der Waals surface area contributed by atoms with E-state index < -0.39 is 23.7 Å². The number of nitrogens with one attached hydrogen (secondary N) is 3. The van der Waals surface area contributed by atoms with E-state index in [1.807, 2.05) is 30.3 Å². The van der Waals surface area contributed by atoms with Gasteiger partial charge in [0.15, 0.2) is 0 Å². The Kier molecular flexibility index (Phi) is 9.00. The van der Waals surface area contributed by atoms with Crippen molar-refractivity contribution in [2.75, 3.05) is 11.9 Å². The van der Waals surface area contributed by atoms with E-state index in [4.69, 9.17) is 9.15 Å². The summed E-state index contributed by atoms with van der Waals surface area (Å²) in [6.07, 6.45) is 0.859. The molecular formula is C26H29N3O6. The Morgan fingerprint density at radius 3 is 2.54 bits per heavy atom. The van der Waals surface area contributed by atoms with Crippen molar-refractivity contribution < 1.29 is 23.5 Å². The third-order valence-electron chi connectivity index (χ3n) is 5.33. The van der Waals surface area contributed by atoms with E-state index in [9.17, 15) is 19.2 Å². The zero-order chi connectivity index (χ0) is 25.2. The first kappa shape index (κ1) is 25.5. The van der Waals surface area contributed by atoms with Gasteiger partial charge < -0.3 is 25.1 Å². The number of rotatable bonds is 10. The van der Waals surface area contributed by atoms with Gasteiger partial charge in [0.1, 0.15) is 18.2 Å². The summed E-state index contributed by atoms with van der Waals surface area (Å²) >= 11 is 0. The molecular weight excluding hydrogens is 450 g/mol. The average Bonchev–Trinajstić information content (AvgIpc) is 2.82. The Morgan fingerprint density at radius 1 is 1.03 bits per heavy atom. The van der Waals surface area contributed by atoms with Crippen molar-refractivity contribution in [1.82, 2.24) is 10.6 Å². The van der Waals surface area contributed by atoms with Crippen LogP contribution in [-0.2, 0) is 20.9 Å². The number of anilines is 1. The third-order valence-corrected chi connectivity index (χ3v) is 5.33. The highest BCUT2D eigenvalue weighted by atomic mass is 16.5. The lowest BCUT2D eigenvalue weighted by atomic mass is 10.1. The Bertz CT molecular complexity index is 1240. The Balaban J connectivity index is 1.65. The van der Waals surface area contributed by atoms with Crippen molar-refractivity contribution >= 4 is 34.6 Å². The van der Waals surface area contributed by atoms with Crippen LogP contribution < -0.4 is 21.6 Å². The number of carbonyl (C=O) groups excluding carboxylic acids is 3. The second kappa shape index (κ2) is 12.4. The van der Waals surface area contributed by atoms with Gasteiger partial charge in [-0.05, 0) is 49.4 Å². The quantitative estimate of drug-likeness (QED) is 0.301. The number of unbranched alkanes of at least 4 members (excludes halogenated alkanes) is 1. The molecule has 3 rings (SSSR count). The third kappa shape index (κ3) is 7.99. The van der Waals surface area contributed by atoms with Crippen LogP contribution in [0.5, 0.6) is 0 Å². The average molecular weight is 480 g/mol. The lowest BCUT2D eigenvalue weighted by Gasteiger charge is -2.19. The minimum atomic E-state index is -0.865. The van der Waals surface area contributed by atoms with E-state index in [1.165, 1.54) is 13.0 Å². The first-order chi connectivity index (χ1) is 16.8. The highest BCUT2D eigenvalue weighted by Gasteiger charge is 2.22. The van der Waals surface area contributed by atoms with E-state index >= 15 is 0 Å². The van der Waals surface area contributed by atoms with Crippen LogP contribution in [0.15, 0.2) is 63.8 Å². The number of benzene rings is 2. The first-order valence-electron chi connectivity index (χ1n) is 11.4. The van der Waals surface area contributed by atoms with Crippen LogP contribution in [0.3, 0.4) is 0 Å². The Morgan fingerprint density at radius 2 is 1.80 bits per heavy atom. The Hall–Kier alpha value is -4.14. The molecule has 9 heteroatoms. The van der Waals surface area contributed by atoms with Gasteiger partial charge in [-0.3, -0.25) is 9.59 Å². The van der Waals surface area contributed by atoms with E-state index in [2.05, 4.69) is 16.0 Å². The van der Waals surface area contributed by atoms with Crippen LogP contribution >= 0.6 is 0 Å². The zero-order valence-corrected chi connectivity index (χ0v) is 19.8. The second-order valence-electron chi connectivity index (χ2n) is 8.19. The first-order valence-corrected chi connectivity index (χ1v) is 11.4. The molecule has 0 spiro atoms. The molecule has 0 aliphatic heterocycles. The van der Waals surface area contributed by atoms with Crippen LogP contribution in [0.4, 0.5) is 10.5 Å². The molecule has 0 saturated carbocycles. The topological polar surface area (TPSA) is 127 Å². The molecule has 35 heavy (non-hydrogen) atoms. The fourth-order valence-electron chi connectivity index (χ4n) is 3.55. The molecule has 1 atom stereocenters. The van der Waals surface area contributed by atoms with Crippen LogP contribution in [-0.4, -0.2) is 30.5 Å². The molecule has 3 amide bonds. The van der Waals surface area contributed by atoms with Crippen LogP contribution in [0.2, 0.25) is 0 Å². The standard InChI is InChI=1S/C26H29N3O6/c1-17-14-24(31)35-23-15-20(11-12-21(17)23)28-25(32)22(10-6-7-13-27-18(2)30)29-26(33)34-16-19-8-4-3-5-9-19/h3-5,8-9,11-12,14-15,22H,6-7,10,13,16H2,1-2H3,(H,27,30)(H,28,32)(H,29,33)/t22-/m1/s1. The molecule has 1 aromatic heterocycles. The number of hydrogen-bond acceptors (Lipinski definition) is 6. The summed E-state index contributed by atoms with van der Waals surface area (Å²) in [7, 11) is 0. The summed E-state index contributed by atoms with van der Waals surface area (Å²) in [6.45, 7) is 3.80. The SMILES string of the molecule is CC(=O)NCCCC[C@@H](NC(=O)OCc1ccccc1)C(=O)Nc1ccc2c(C)cc(=O)oc2c1. The van der Waals surface area contributed by atoms with Gasteiger partial charge in [-0.2, -0.15) is 0 Å².